The van der Waals surface area contributed by atoms with Gasteiger partial charge in [-0.2, -0.15) is 0 Å². The Balaban J connectivity index is 1.15. The van der Waals surface area contributed by atoms with E-state index >= 15 is 0 Å². The highest BCUT2D eigenvalue weighted by Gasteiger charge is 2.32. The molecule has 3 N–H and O–H groups in total. The molecule has 0 radical (unpaired) electrons. The maximum absolute atomic E-state index is 12.4. The molecule has 0 spiro atoms. The number of nitrogens with one attached hydrogen (secondary N) is 2. The summed E-state index contributed by atoms with van der Waals surface area (Å²) in [6, 6.07) is 16.4. The minimum Gasteiger partial charge on any atom is -0.481 e. The number of carboxylic acids is 1. The third-order valence-electron chi connectivity index (χ3n) is 6.64. The quantitative estimate of drug-likeness (QED) is 0.423. The van der Waals surface area contributed by atoms with Crippen LogP contribution >= 0.6 is 0 Å². The van der Waals surface area contributed by atoms with E-state index in [0.717, 1.165) is 24.0 Å². The molecule has 2 aromatic rings. The predicted octanol–water partition coefficient (Wildman–Crippen LogP) is 3.69. The molecule has 0 aromatic heterocycles. The van der Waals surface area contributed by atoms with Gasteiger partial charge in [-0.1, -0.05) is 55.0 Å². The van der Waals surface area contributed by atoms with Crippen molar-refractivity contribution in [1.82, 2.24) is 10.6 Å². The lowest BCUT2D eigenvalue weighted by Gasteiger charge is -2.15. The number of hydrogen-bond donors (Lipinski definition) is 3. The Hall–Kier alpha value is -3.39. The smallest absolute Gasteiger partial charge is 0.407 e. The van der Waals surface area contributed by atoms with Crippen LogP contribution in [0.3, 0.4) is 0 Å². The van der Waals surface area contributed by atoms with Crippen LogP contribution < -0.4 is 10.6 Å². The molecule has 1 aliphatic carbocycles. The van der Waals surface area contributed by atoms with Gasteiger partial charge in [0.2, 0.25) is 5.91 Å². The summed E-state index contributed by atoms with van der Waals surface area (Å²) < 4.78 is 11.2. The number of benzene rings is 2. The number of ether oxygens (including phenoxy) is 2. The Labute approximate surface area is 205 Å². The van der Waals surface area contributed by atoms with Gasteiger partial charge in [0.05, 0.1) is 18.6 Å². The molecule has 35 heavy (non-hydrogen) atoms. The van der Waals surface area contributed by atoms with Crippen LogP contribution in [0.15, 0.2) is 48.5 Å². The van der Waals surface area contributed by atoms with Crippen LogP contribution in [-0.4, -0.2) is 55.5 Å². The number of fused-ring (bicyclic) bond motifs is 3. The molecular formula is C27H32N2O6. The van der Waals surface area contributed by atoms with E-state index in [1.807, 2.05) is 24.3 Å². The molecule has 1 fully saturated rings. The Morgan fingerprint density at radius 1 is 0.943 bits per heavy atom. The minimum absolute atomic E-state index is 0.00749. The molecule has 2 atom stereocenters. The number of hydrogen-bond acceptors (Lipinski definition) is 5. The zero-order chi connectivity index (χ0) is 24.6. The van der Waals surface area contributed by atoms with Crippen molar-refractivity contribution in [1.29, 1.82) is 0 Å². The van der Waals surface area contributed by atoms with Gasteiger partial charge in [0.15, 0.2) is 0 Å². The Kier molecular flexibility index (Phi) is 8.36. The van der Waals surface area contributed by atoms with Gasteiger partial charge in [-0.25, -0.2) is 4.79 Å². The minimum atomic E-state index is -0.796. The molecule has 2 aliphatic rings. The second-order valence-electron chi connectivity index (χ2n) is 9.09. The van der Waals surface area contributed by atoms with Crippen molar-refractivity contribution in [3.8, 4) is 11.1 Å². The zero-order valence-corrected chi connectivity index (χ0v) is 19.7. The number of rotatable bonds is 11. The second kappa shape index (κ2) is 11.8. The number of amides is 2. The van der Waals surface area contributed by atoms with E-state index in [-0.39, 0.29) is 43.4 Å². The third kappa shape index (κ3) is 6.39. The summed E-state index contributed by atoms with van der Waals surface area (Å²) in [5.74, 6) is -1.10. The number of alkyl carbamates (subject to hydrolysis) is 1. The summed E-state index contributed by atoms with van der Waals surface area (Å²) in [4.78, 5) is 35.2. The average molecular weight is 481 g/mol. The van der Waals surface area contributed by atoms with E-state index < -0.39 is 12.1 Å². The standard InChI is InChI=1S/C27H32N2O6/c30-25(31)12-2-1-7-13-28-26(32)18-14-19(34-16-18)15-29-27(33)35-17-24-22-10-5-3-8-20(22)21-9-4-6-11-23(21)24/h3-6,8-11,18-19,24H,1-2,7,12-17H2,(H,28,32)(H,29,33)(H,30,31)/t18-,19-/m0/s1. The van der Waals surface area contributed by atoms with Gasteiger partial charge in [0.1, 0.15) is 6.61 Å². The highest BCUT2D eigenvalue weighted by Crippen LogP contribution is 2.44. The Morgan fingerprint density at radius 3 is 2.31 bits per heavy atom. The molecule has 0 bridgehead atoms. The van der Waals surface area contributed by atoms with Gasteiger partial charge < -0.3 is 25.2 Å². The normalized spacial score (nSPS) is 18.5. The molecule has 4 rings (SSSR count). The molecule has 8 nitrogen and oxygen atoms in total. The molecule has 1 aliphatic heterocycles. The van der Waals surface area contributed by atoms with E-state index in [1.165, 1.54) is 11.1 Å². The van der Waals surface area contributed by atoms with E-state index in [2.05, 4.69) is 34.9 Å². The van der Waals surface area contributed by atoms with Gasteiger partial charge in [-0.15, -0.1) is 0 Å². The van der Waals surface area contributed by atoms with Crippen LogP contribution in [0, 0.1) is 5.92 Å². The highest BCUT2D eigenvalue weighted by molar-refractivity contribution is 5.79. The maximum Gasteiger partial charge on any atom is 0.407 e. The van der Waals surface area contributed by atoms with E-state index in [4.69, 9.17) is 14.6 Å². The molecule has 1 heterocycles. The summed E-state index contributed by atoms with van der Waals surface area (Å²) in [5.41, 5.74) is 4.69. The first-order valence-electron chi connectivity index (χ1n) is 12.2. The summed E-state index contributed by atoms with van der Waals surface area (Å²) in [5, 5.41) is 14.3. The highest BCUT2D eigenvalue weighted by atomic mass is 16.5. The Morgan fingerprint density at radius 2 is 1.63 bits per heavy atom. The van der Waals surface area contributed by atoms with Gasteiger partial charge in [-0.05, 0) is 41.5 Å². The summed E-state index contributed by atoms with van der Waals surface area (Å²) >= 11 is 0. The lowest BCUT2D eigenvalue weighted by atomic mass is 9.98. The first kappa shape index (κ1) is 24.7. The van der Waals surface area contributed by atoms with Crippen LogP contribution in [-0.2, 0) is 19.1 Å². The molecule has 0 saturated carbocycles. The first-order chi connectivity index (χ1) is 17.0. The molecule has 2 aromatic carbocycles. The van der Waals surface area contributed by atoms with Crippen molar-refractivity contribution >= 4 is 18.0 Å². The largest absolute Gasteiger partial charge is 0.481 e. The van der Waals surface area contributed by atoms with Crippen molar-refractivity contribution in [3.05, 3.63) is 59.7 Å². The molecule has 1 saturated heterocycles. The SMILES string of the molecule is O=C(O)CCCCCNC(=O)[C@@H]1CO[C@H](CNC(=O)OCC2c3ccccc3-c3ccccc32)C1. The van der Waals surface area contributed by atoms with E-state index in [9.17, 15) is 14.4 Å². The third-order valence-corrected chi connectivity index (χ3v) is 6.64. The molecule has 186 valence electrons. The number of carboxylic acid groups (broad SMARTS) is 1. The van der Waals surface area contributed by atoms with Crippen LogP contribution in [0.1, 0.15) is 49.1 Å². The average Bonchev–Trinajstić information content (AvgIpc) is 3.46. The lowest BCUT2D eigenvalue weighted by molar-refractivity contribution is -0.137. The molecule has 8 heteroatoms. The van der Waals surface area contributed by atoms with E-state index in [0.29, 0.717) is 26.0 Å². The van der Waals surface area contributed by atoms with E-state index in [1.54, 1.807) is 0 Å². The van der Waals surface area contributed by atoms with Gasteiger partial charge in [0, 0.05) is 25.4 Å². The van der Waals surface area contributed by atoms with Crippen molar-refractivity contribution < 1.29 is 29.0 Å². The van der Waals surface area contributed by atoms with Crippen LogP contribution in [0.2, 0.25) is 0 Å². The fourth-order valence-corrected chi connectivity index (χ4v) is 4.81. The predicted molar refractivity (Wildman–Crippen MR) is 130 cm³/mol. The Bertz CT molecular complexity index is 1010. The number of carbonyl (C=O) groups is 3. The van der Waals surface area contributed by atoms with Crippen molar-refractivity contribution in [2.24, 2.45) is 5.92 Å². The fourth-order valence-electron chi connectivity index (χ4n) is 4.81. The van der Waals surface area contributed by atoms with Gasteiger partial charge in [0.25, 0.3) is 0 Å². The van der Waals surface area contributed by atoms with Crippen molar-refractivity contribution in [2.75, 3.05) is 26.3 Å². The summed E-state index contributed by atoms with van der Waals surface area (Å²) in [6.45, 7) is 1.39. The summed E-state index contributed by atoms with van der Waals surface area (Å²) in [7, 11) is 0. The number of unbranched alkanes of at least 4 members (excludes halogenated alkanes) is 2. The second-order valence-corrected chi connectivity index (χ2v) is 9.09. The van der Waals surface area contributed by atoms with Crippen LogP contribution in [0.5, 0.6) is 0 Å². The van der Waals surface area contributed by atoms with Gasteiger partial charge >= 0.3 is 12.1 Å². The van der Waals surface area contributed by atoms with Gasteiger partial charge in [-0.3, -0.25) is 9.59 Å². The molecular weight excluding hydrogens is 448 g/mol. The van der Waals surface area contributed by atoms with Crippen molar-refractivity contribution in [3.63, 3.8) is 0 Å². The van der Waals surface area contributed by atoms with Crippen molar-refractivity contribution in [2.45, 2.75) is 44.1 Å². The first-order valence-corrected chi connectivity index (χ1v) is 12.2. The summed E-state index contributed by atoms with van der Waals surface area (Å²) in [6.07, 6.45) is 2.09. The lowest BCUT2D eigenvalue weighted by Crippen LogP contribution is -2.34. The monoisotopic (exact) mass is 480 g/mol. The molecule has 0 unspecified atom stereocenters. The van der Waals surface area contributed by atoms with Crippen LogP contribution in [0.25, 0.3) is 11.1 Å². The molecule has 2 amide bonds. The topological polar surface area (TPSA) is 114 Å². The maximum atomic E-state index is 12.4. The number of aliphatic carboxylic acids is 1. The van der Waals surface area contributed by atoms with Crippen LogP contribution in [0.4, 0.5) is 4.79 Å². The number of carbonyl (C=O) groups excluding carboxylic acids is 2. The zero-order valence-electron chi connectivity index (χ0n) is 19.7. The fraction of sp³-hybridized carbons (Fsp3) is 0.444.